The number of amides is 1. The summed E-state index contributed by atoms with van der Waals surface area (Å²) in [6.07, 6.45) is 0. The molecule has 3 aromatic rings. The summed E-state index contributed by atoms with van der Waals surface area (Å²) in [5.74, 6) is -0.159. The van der Waals surface area contributed by atoms with E-state index in [0.29, 0.717) is 27.3 Å². The lowest BCUT2D eigenvalue weighted by Gasteiger charge is -2.19. The first-order valence-electron chi connectivity index (χ1n) is 7.86. The summed E-state index contributed by atoms with van der Waals surface area (Å²) in [7, 11) is 0. The van der Waals surface area contributed by atoms with Crippen molar-refractivity contribution in [2.24, 2.45) is 5.41 Å². The molecule has 128 valence electrons. The number of anilines is 1. The maximum absolute atomic E-state index is 12.5. The number of aromatic nitrogens is 2. The van der Waals surface area contributed by atoms with Crippen LogP contribution in [0.1, 0.15) is 20.8 Å². The highest BCUT2D eigenvalue weighted by Gasteiger charge is 2.23. The van der Waals surface area contributed by atoms with Gasteiger partial charge in [0.15, 0.2) is 0 Å². The predicted molar refractivity (Wildman–Crippen MR) is 101 cm³/mol. The normalized spacial score (nSPS) is 11.5. The van der Waals surface area contributed by atoms with Crippen molar-refractivity contribution in [3.63, 3.8) is 0 Å². The van der Waals surface area contributed by atoms with Gasteiger partial charge < -0.3 is 10.3 Å². The van der Waals surface area contributed by atoms with Gasteiger partial charge in [-0.2, -0.15) is 0 Å². The summed E-state index contributed by atoms with van der Waals surface area (Å²) in [5, 5.41) is 3.32. The Bertz CT molecular complexity index is 1020. The van der Waals surface area contributed by atoms with Gasteiger partial charge in [0.1, 0.15) is 5.69 Å². The van der Waals surface area contributed by atoms with E-state index in [0.717, 1.165) is 0 Å². The number of carbonyl (C=O) groups excluding carboxylic acids is 1. The number of H-pyrrole nitrogens is 1. The van der Waals surface area contributed by atoms with Gasteiger partial charge in [-0.15, -0.1) is 0 Å². The molecule has 0 spiro atoms. The largest absolute Gasteiger partial charge is 0.325 e. The fourth-order valence-corrected chi connectivity index (χ4v) is 2.52. The molecule has 0 radical (unpaired) electrons. The molecule has 0 fully saturated rings. The second-order valence-electron chi connectivity index (χ2n) is 6.83. The van der Waals surface area contributed by atoms with Gasteiger partial charge in [0.2, 0.25) is 5.91 Å². The third kappa shape index (κ3) is 3.56. The molecule has 0 aliphatic heterocycles. The zero-order valence-electron chi connectivity index (χ0n) is 14.2. The molecule has 5 nitrogen and oxygen atoms in total. The van der Waals surface area contributed by atoms with Gasteiger partial charge in [0.05, 0.1) is 16.7 Å². The van der Waals surface area contributed by atoms with Crippen molar-refractivity contribution in [2.75, 3.05) is 5.32 Å². The van der Waals surface area contributed by atoms with Crippen LogP contribution in [0.25, 0.3) is 22.3 Å². The zero-order valence-corrected chi connectivity index (χ0v) is 14.9. The van der Waals surface area contributed by atoms with Crippen molar-refractivity contribution in [1.82, 2.24) is 9.97 Å². The Labute approximate surface area is 150 Å². The third-order valence-corrected chi connectivity index (χ3v) is 4.00. The second kappa shape index (κ2) is 6.33. The van der Waals surface area contributed by atoms with Crippen molar-refractivity contribution in [2.45, 2.75) is 20.8 Å². The van der Waals surface area contributed by atoms with Crippen LogP contribution in [0, 0.1) is 5.41 Å². The molecule has 0 aliphatic rings. The van der Waals surface area contributed by atoms with E-state index < -0.39 is 5.41 Å². The summed E-state index contributed by atoms with van der Waals surface area (Å²) in [5.41, 5.74) is 1.59. The maximum atomic E-state index is 12.5. The standard InChI is InChI=1S/C19H18ClN3O2/c1-19(2,3)18(25)23-13-9-8-11(20)10-12(13)16-17(24)22-15-7-5-4-6-14(15)21-16/h4-10H,1-3H3,(H,22,24)(H,23,25). The molecule has 1 heterocycles. The Morgan fingerprint density at radius 1 is 1.16 bits per heavy atom. The Morgan fingerprint density at radius 3 is 2.60 bits per heavy atom. The van der Waals surface area contributed by atoms with Gasteiger partial charge in [0, 0.05) is 16.0 Å². The first-order chi connectivity index (χ1) is 11.8. The average molecular weight is 356 g/mol. The van der Waals surface area contributed by atoms with E-state index in [-0.39, 0.29) is 17.2 Å². The van der Waals surface area contributed by atoms with E-state index in [1.807, 2.05) is 39.0 Å². The lowest BCUT2D eigenvalue weighted by Crippen LogP contribution is -2.28. The van der Waals surface area contributed by atoms with Gasteiger partial charge in [-0.25, -0.2) is 4.98 Å². The van der Waals surface area contributed by atoms with Crippen LogP contribution in [0.4, 0.5) is 5.69 Å². The third-order valence-electron chi connectivity index (χ3n) is 3.77. The molecule has 0 bridgehead atoms. The minimum atomic E-state index is -0.569. The number of hydrogen-bond donors (Lipinski definition) is 2. The van der Waals surface area contributed by atoms with E-state index in [9.17, 15) is 9.59 Å². The Hall–Kier alpha value is -2.66. The van der Waals surface area contributed by atoms with Crippen molar-refractivity contribution in [1.29, 1.82) is 0 Å². The molecule has 6 heteroatoms. The van der Waals surface area contributed by atoms with Crippen molar-refractivity contribution < 1.29 is 4.79 Å². The number of nitrogens with zero attached hydrogens (tertiary/aromatic N) is 1. The van der Waals surface area contributed by atoms with Gasteiger partial charge in [-0.1, -0.05) is 44.5 Å². The molecule has 0 saturated carbocycles. The van der Waals surface area contributed by atoms with E-state index in [1.165, 1.54) is 0 Å². The number of fused-ring (bicyclic) bond motifs is 1. The minimum Gasteiger partial charge on any atom is -0.325 e. The number of hydrogen-bond acceptors (Lipinski definition) is 3. The van der Waals surface area contributed by atoms with Crippen molar-refractivity contribution in [3.8, 4) is 11.3 Å². The first-order valence-corrected chi connectivity index (χ1v) is 8.24. The number of aromatic amines is 1. The van der Waals surface area contributed by atoms with Crippen LogP contribution in [-0.2, 0) is 4.79 Å². The monoisotopic (exact) mass is 355 g/mol. The molecular formula is C19H18ClN3O2. The highest BCUT2D eigenvalue weighted by atomic mass is 35.5. The van der Waals surface area contributed by atoms with Crippen LogP contribution in [0.2, 0.25) is 5.02 Å². The van der Waals surface area contributed by atoms with Gasteiger partial charge in [-0.05, 0) is 30.3 Å². The smallest absolute Gasteiger partial charge is 0.275 e. The van der Waals surface area contributed by atoms with Crippen LogP contribution in [0.5, 0.6) is 0 Å². The Kier molecular flexibility index (Phi) is 4.35. The number of benzene rings is 2. The second-order valence-corrected chi connectivity index (χ2v) is 7.26. The fourth-order valence-electron chi connectivity index (χ4n) is 2.34. The number of carbonyl (C=O) groups is 1. The number of halogens is 1. The van der Waals surface area contributed by atoms with Crippen LogP contribution in [-0.4, -0.2) is 15.9 Å². The number of rotatable bonds is 2. The van der Waals surface area contributed by atoms with Crippen LogP contribution in [0.3, 0.4) is 0 Å². The summed E-state index contributed by atoms with van der Waals surface area (Å²) < 4.78 is 0. The van der Waals surface area contributed by atoms with E-state index in [2.05, 4.69) is 15.3 Å². The molecule has 1 amide bonds. The van der Waals surface area contributed by atoms with Crippen molar-refractivity contribution in [3.05, 3.63) is 57.8 Å². The summed E-state index contributed by atoms with van der Waals surface area (Å²) in [6, 6.07) is 12.2. The Balaban J connectivity index is 2.17. The molecular weight excluding hydrogens is 338 g/mol. The minimum absolute atomic E-state index is 0.159. The van der Waals surface area contributed by atoms with E-state index in [1.54, 1.807) is 24.3 Å². The van der Waals surface area contributed by atoms with Gasteiger partial charge in [-0.3, -0.25) is 9.59 Å². The first kappa shape index (κ1) is 17.2. The predicted octanol–water partition coefficient (Wildman–Crippen LogP) is 4.23. The quantitative estimate of drug-likeness (QED) is 0.722. The molecule has 1 aromatic heterocycles. The lowest BCUT2D eigenvalue weighted by atomic mass is 9.95. The van der Waals surface area contributed by atoms with Crippen LogP contribution >= 0.6 is 11.6 Å². The lowest BCUT2D eigenvalue weighted by molar-refractivity contribution is -0.123. The maximum Gasteiger partial charge on any atom is 0.275 e. The summed E-state index contributed by atoms with van der Waals surface area (Å²) in [6.45, 7) is 5.46. The van der Waals surface area contributed by atoms with E-state index in [4.69, 9.17) is 11.6 Å². The highest BCUT2D eigenvalue weighted by Crippen LogP contribution is 2.30. The summed E-state index contributed by atoms with van der Waals surface area (Å²) in [4.78, 5) is 32.1. The molecule has 0 saturated heterocycles. The molecule has 25 heavy (non-hydrogen) atoms. The summed E-state index contributed by atoms with van der Waals surface area (Å²) >= 11 is 6.11. The highest BCUT2D eigenvalue weighted by molar-refractivity contribution is 6.31. The van der Waals surface area contributed by atoms with Crippen LogP contribution < -0.4 is 10.9 Å². The average Bonchev–Trinajstić information content (AvgIpc) is 2.55. The van der Waals surface area contributed by atoms with Gasteiger partial charge in [0.25, 0.3) is 5.56 Å². The van der Waals surface area contributed by atoms with E-state index >= 15 is 0 Å². The topological polar surface area (TPSA) is 74.8 Å². The van der Waals surface area contributed by atoms with Crippen molar-refractivity contribution >= 4 is 34.2 Å². The molecule has 0 aliphatic carbocycles. The fraction of sp³-hybridized carbons (Fsp3) is 0.211. The zero-order chi connectivity index (χ0) is 18.2. The SMILES string of the molecule is CC(C)(C)C(=O)Nc1ccc(Cl)cc1-c1nc2ccccc2[nH]c1=O. The number of para-hydroxylation sites is 2. The Morgan fingerprint density at radius 2 is 1.88 bits per heavy atom. The number of nitrogens with one attached hydrogen (secondary N) is 2. The molecule has 2 N–H and O–H groups in total. The molecule has 0 atom stereocenters. The van der Waals surface area contributed by atoms with Gasteiger partial charge >= 0.3 is 0 Å². The molecule has 0 unspecified atom stereocenters. The molecule has 3 rings (SSSR count). The molecule has 2 aromatic carbocycles. The van der Waals surface area contributed by atoms with Crippen LogP contribution in [0.15, 0.2) is 47.3 Å².